The number of fused-ring (bicyclic) bond motifs is 1. The van der Waals surface area contributed by atoms with E-state index in [0.29, 0.717) is 12.3 Å². The summed E-state index contributed by atoms with van der Waals surface area (Å²) in [5.74, 6) is 0.0712. The van der Waals surface area contributed by atoms with E-state index in [1.807, 2.05) is 14.0 Å². The standard InChI is InChI=1S/C12H19N3O2/c1-6(2)9-5-8(12(16)17)10-7(3)14-15(4)11(10)13-9/h6,8-9,13H,5H2,1-4H3,(H,16,17). The molecule has 0 fully saturated rings. The number of carboxylic acid groups (broad SMARTS) is 1. The third-order valence-electron chi connectivity index (χ3n) is 3.53. The van der Waals surface area contributed by atoms with Gasteiger partial charge in [0, 0.05) is 18.7 Å². The van der Waals surface area contributed by atoms with Gasteiger partial charge < -0.3 is 10.4 Å². The van der Waals surface area contributed by atoms with Crippen molar-refractivity contribution in [2.75, 3.05) is 5.32 Å². The molecule has 0 radical (unpaired) electrons. The minimum Gasteiger partial charge on any atom is -0.481 e. The minimum atomic E-state index is -0.755. The van der Waals surface area contributed by atoms with Crippen LogP contribution >= 0.6 is 0 Å². The summed E-state index contributed by atoms with van der Waals surface area (Å²) >= 11 is 0. The second-order valence-corrected chi connectivity index (χ2v) is 5.09. The number of nitrogens with zero attached hydrogens (tertiary/aromatic N) is 2. The maximum absolute atomic E-state index is 11.4. The smallest absolute Gasteiger partial charge is 0.311 e. The predicted octanol–water partition coefficient (Wildman–Crippen LogP) is 1.74. The van der Waals surface area contributed by atoms with E-state index in [-0.39, 0.29) is 6.04 Å². The van der Waals surface area contributed by atoms with Crippen molar-refractivity contribution in [2.45, 2.75) is 39.2 Å². The lowest BCUT2D eigenvalue weighted by atomic mass is 9.84. The van der Waals surface area contributed by atoms with Gasteiger partial charge >= 0.3 is 5.97 Å². The van der Waals surface area contributed by atoms with Gasteiger partial charge in [-0.3, -0.25) is 9.48 Å². The molecule has 1 aliphatic rings. The number of anilines is 1. The second-order valence-electron chi connectivity index (χ2n) is 5.09. The molecule has 2 N–H and O–H groups in total. The number of rotatable bonds is 2. The van der Waals surface area contributed by atoms with Crippen LogP contribution in [0, 0.1) is 12.8 Å². The van der Waals surface area contributed by atoms with E-state index < -0.39 is 11.9 Å². The van der Waals surface area contributed by atoms with Gasteiger partial charge in [0.25, 0.3) is 0 Å². The van der Waals surface area contributed by atoms with Crippen molar-refractivity contribution in [2.24, 2.45) is 13.0 Å². The molecule has 1 aromatic heterocycles. The fraction of sp³-hybridized carbons (Fsp3) is 0.667. The van der Waals surface area contributed by atoms with Crippen molar-refractivity contribution in [1.29, 1.82) is 0 Å². The molecule has 1 aromatic rings. The first-order valence-corrected chi connectivity index (χ1v) is 5.94. The van der Waals surface area contributed by atoms with Gasteiger partial charge in [-0.15, -0.1) is 0 Å². The Labute approximate surface area is 101 Å². The van der Waals surface area contributed by atoms with Gasteiger partial charge in [-0.05, 0) is 19.3 Å². The van der Waals surface area contributed by atoms with E-state index in [1.54, 1.807) is 4.68 Å². The molecule has 0 bridgehead atoms. The minimum absolute atomic E-state index is 0.193. The molecule has 17 heavy (non-hydrogen) atoms. The average molecular weight is 237 g/mol. The van der Waals surface area contributed by atoms with Gasteiger partial charge in [-0.1, -0.05) is 13.8 Å². The molecule has 0 amide bonds. The average Bonchev–Trinajstić information content (AvgIpc) is 2.53. The topological polar surface area (TPSA) is 67.2 Å². The summed E-state index contributed by atoms with van der Waals surface area (Å²) in [4.78, 5) is 11.4. The Bertz CT molecular complexity index is 451. The zero-order valence-corrected chi connectivity index (χ0v) is 10.7. The summed E-state index contributed by atoms with van der Waals surface area (Å²) in [7, 11) is 1.85. The fourth-order valence-electron chi connectivity index (χ4n) is 2.53. The molecule has 1 aliphatic heterocycles. The van der Waals surface area contributed by atoms with Gasteiger partial charge in [-0.25, -0.2) is 0 Å². The molecule has 2 atom stereocenters. The highest BCUT2D eigenvalue weighted by atomic mass is 16.4. The molecule has 0 saturated carbocycles. The molecule has 5 heteroatoms. The van der Waals surface area contributed by atoms with E-state index in [2.05, 4.69) is 24.3 Å². The number of carbonyl (C=O) groups is 1. The number of aromatic nitrogens is 2. The number of aryl methyl sites for hydroxylation is 2. The summed E-state index contributed by atoms with van der Waals surface area (Å²) in [6, 6.07) is 0.193. The van der Waals surface area contributed by atoms with Crippen LogP contribution in [0.4, 0.5) is 5.82 Å². The van der Waals surface area contributed by atoms with Crippen molar-refractivity contribution < 1.29 is 9.90 Å². The van der Waals surface area contributed by atoms with Crippen molar-refractivity contribution in [3.63, 3.8) is 0 Å². The Balaban J connectivity index is 2.47. The molecule has 94 valence electrons. The molecule has 5 nitrogen and oxygen atoms in total. The summed E-state index contributed by atoms with van der Waals surface area (Å²) in [6.07, 6.45) is 0.631. The second kappa shape index (κ2) is 4.05. The molecule has 2 rings (SSSR count). The Kier molecular flexibility index (Phi) is 2.85. The van der Waals surface area contributed by atoms with E-state index in [4.69, 9.17) is 0 Å². The zero-order valence-electron chi connectivity index (χ0n) is 10.7. The Morgan fingerprint density at radius 1 is 1.59 bits per heavy atom. The molecule has 0 saturated heterocycles. The predicted molar refractivity (Wildman–Crippen MR) is 65.2 cm³/mol. The first-order valence-electron chi connectivity index (χ1n) is 5.94. The number of hydrogen-bond donors (Lipinski definition) is 2. The van der Waals surface area contributed by atoms with Crippen molar-refractivity contribution in [1.82, 2.24) is 9.78 Å². The lowest BCUT2D eigenvalue weighted by molar-refractivity contribution is -0.139. The van der Waals surface area contributed by atoms with Gasteiger partial charge in [0.15, 0.2) is 0 Å². The maximum atomic E-state index is 11.4. The molecule has 0 spiro atoms. The lowest BCUT2D eigenvalue weighted by Crippen LogP contribution is -2.35. The van der Waals surface area contributed by atoms with Crippen molar-refractivity contribution in [3.05, 3.63) is 11.3 Å². The van der Waals surface area contributed by atoms with E-state index in [9.17, 15) is 9.90 Å². The SMILES string of the molecule is Cc1nn(C)c2c1C(C(=O)O)CC(C(C)C)N2. The maximum Gasteiger partial charge on any atom is 0.311 e. The largest absolute Gasteiger partial charge is 0.481 e. The van der Waals surface area contributed by atoms with Gasteiger partial charge in [0.1, 0.15) is 5.82 Å². The molecular weight excluding hydrogens is 218 g/mol. The van der Waals surface area contributed by atoms with Crippen LogP contribution in [0.5, 0.6) is 0 Å². The molecule has 2 unspecified atom stereocenters. The highest BCUT2D eigenvalue weighted by molar-refractivity contribution is 5.80. The van der Waals surface area contributed by atoms with Crippen LogP contribution in [-0.2, 0) is 11.8 Å². The first-order chi connectivity index (χ1) is 7.91. The molecule has 2 heterocycles. The van der Waals surface area contributed by atoms with Crippen molar-refractivity contribution >= 4 is 11.8 Å². The first kappa shape index (κ1) is 12.0. The van der Waals surface area contributed by atoms with Gasteiger partial charge in [0.05, 0.1) is 11.6 Å². The summed E-state index contributed by atoms with van der Waals surface area (Å²) in [5, 5.41) is 17.1. The third kappa shape index (κ3) is 1.90. The van der Waals surface area contributed by atoms with Gasteiger partial charge in [-0.2, -0.15) is 5.10 Å². The highest BCUT2D eigenvalue weighted by Gasteiger charge is 2.36. The monoisotopic (exact) mass is 237 g/mol. The zero-order chi connectivity index (χ0) is 12.7. The van der Waals surface area contributed by atoms with Crippen LogP contribution in [0.15, 0.2) is 0 Å². The number of carboxylic acids is 1. The lowest BCUT2D eigenvalue weighted by Gasteiger charge is -2.32. The third-order valence-corrected chi connectivity index (χ3v) is 3.53. The van der Waals surface area contributed by atoms with Crippen molar-refractivity contribution in [3.8, 4) is 0 Å². The highest BCUT2D eigenvalue weighted by Crippen LogP contribution is 2.38. The summed E-state index contributed by atoms with van der Waals surface area (Å²) < 4.78 is 1.75. The Morgan fingerprint density at radius 3 is 2.76 bits per heavy atom. The van der Waals surface area contributed by atoms with E-state index in [0.717, 1.165) is 17.1 Å². The van der Waals surface area contributed by atoms with Crippen LogP contribution < -0.4 is 5.32 Å². The van der Waals surface area contributed by atoms with Crippen LogP contribution in [0.25, 0.3) is 0 Å². The quantitative estimate of drug-likeness (QED) is 0.822. The molecule has 0 aliphatic carbocycles. The normalized spacial score (nSPS) is 23.4. The Hall–Kier alpha value is -1.52. The van der Waals surface area contributed by atoms with Gasteiger partial charge in [0.2, 0.25) is 0 Å². The summed E-state index contributed by atoms with van der Waals surface area (Å²) in [6.45, 7) is 6.07. The van der Waals surface area contributed by atoms with E-state index in [1.165, 1.54) is 0 Å². The van der Waals surface area contributed by atoms with Crippen LogP contribution in [0.1, 0.15) is 37.4 Å². The Morgan fingerprint density at radius 2 is 2.24 bits per heavy atom. The number of nitrogens with one attached hydrogen (secondary N) is 1. The molecular formula is C12H19N3O2. The van der Waals surface area contributed by atoms with Crippen LogP contribution in [0.3, 0.4) is 0 Å². The summed E-state index contributed by atoms with van der Waals surface area (Å²) in [5.41, 5.74) is 1.65. The van der Waals surface area contributed by atoms with Crippen LogP contribution in [-0.4, -0.2) is 26.9 Å². The number of hydrogen-bond acceptors (Lipinski definition) is 3. The van der Waals surface area contributed by atoms with Crippen LogP contribution in [0.2, 0.25) is 0 Å². The number of aliphatic carboxylic acids is 1. The molecule has 0 aromatic carbocycles. The van der Waals surface area contributed by atoms with E-state index >= 15 is 0 Å². The fourth-order valence-corrected chi connectivity index (χ4v) is 2.53.